The number of rotatable bonds is 6. The summed E-state index contributed by atoms with van der Waals surface area (Å²) in [5.74, 6) is -1.66. The minimum atomic E-state index is -0.788. The van der Waals surface area contributed by atoms with E-state index in [1.54, 1.807) is 42.5 Å². The van der Waals surface area contributed by atoms with E-state index in [-0.39, 0.29) is 17.3 Å². The van der Waals surface area contributed by atoms with Crippen molar-refractivity contribution >= 4 is 40.7 Å². The van der Waals surface area contributed by atoms with Crippen LogP contribution in [0.15, 0.2) is 48.8 Å². The van der Waals surface area contributed by atoms with Crippen molar-refractivity contribution in [3.05, 3.63) is 70.8 Å². The summed E-state index contributed by atoms with van der Waals surface area (Å²) >= 11 is 6.25. The van der Waals surface area contributed by atoms with Gasteiger partial charge in [-0.25, -0.2) is 4.98 Å². The zero-order valence-corrected chi connectivity index (χ0v) is 17.9. The number of benzene rings is 2. The molecule has 0 saturated carbocycles. The number of aromatic nitrogens is 2. The maximum absolute atomic E-state index is 12.6. The number of carbonyl (C=O) groups is 3. The van der Waals surface area contributed by atoms with Crippen LogP contribution in [0.1, 0.15) is 31.3 Å². The van der Waals surface area contributed by atoms with Gasteiger partial charge in [0.2, 0.25) is 0 Å². The summed E-state index contributed by atoms with van der Waals surface area (Å²) in [6.07, 6.45) is 1.34. The summed E-state index contributed by atoms with van der Waals surface area (Å²) in [6.45, 7) is 0. The third kappa shape index (κ3) is 4.51. The lowest BCUT2D eigenvalue weighted by atomic mass is 10.1. The van der Waals surface area contributed by atoms with Gasteiger partial charge >= 0.3 is 0 Å². The van der Waals surface area contributed by atoms with E-state index in [1.165, 1.54) is 17.9 Å². The fourth-order valence-electron chi connectivity index (χ4n) is 2.93. The predicted molar refractivity (Wildman–Crippen MR) is 119 cm³/mol. The average molecular weight is 441 g/mol. The summed E-state index contributed by atoms with van der Waals surface area (Å²) in [5, 5.41) is 5.54. The molecule has 0 atom stereocenters. The maximum atomic E-state index is 12.6. The van der Waals surface area contributed by atoms with Crippen LogP contribution in [-0.4, -0.2) is 48.4 Å². The molecular weight excluding hydrogens is 420 g/mol. The zero-order chi connectivity index (χ0) is 22.7. The molecule has 2 aromatic carbocycles. The standard InChI is InChI=1S/C21H21ClN6O3/c1-24-21(31)17-18(19(23)29)28(11-25-17)13-6-4-12(5-7-13)26-20(30)15-9-8-14(27(2)3)10-16(15)22/h4-11H,1-3H3,(H2,23,29)(H,24,31)(H,26,30). The minimum Gasteiger partial charge on any atom is -0.378 e. The highest BCUT2D eigenvalue weighted by Gasteiger charge is 2.22. The molecule has 3 rings (SSSR count). The SMILES string of the molecule is CNC(=O)c1ncn(-c2ccc(NC(=O)c3ccc(N(C)C)cc3Cl)cc2)c1C(N)=O. The third-order valence-electron chi connectivity index (χ3n) is 4.56. The van der Waals surface area contributed by atoms with Gasteiger partial charge in [-0.2, -0.15) is 0 Å². The van der Waals surface area contributed by atoms with E-state index in [0.29, 0.717) is 22.0 Å². The first-order valence-corrected chi connectivity index (χ1v) is 9.58. The van der Waals surface area contributed by atoms with Crippen LogP contribution in [0.25, 0.3) is 5.69 Å². The molecule has 0 spiro atoms. The monoisotopic (exact) mass is 440 g/mol. The molecule has 0 aliphatic rings. The van der Waals surface area contributed by atoms with Crippen LogP contribution in [0.4, 0.5) is 11.4 Å². The smallest absolute Gasteiger partial charge is 0.272 e. The molecule has 160 valence electrons. The van der Waals surface area contributed by atoms with Crippen LogP contribution < -0.4 is 21.3 Å². The van der Waals surface area contributed by atoms with Gasteiger partial charge in [0, 0.05) is 38.2 Å². The lowest BCUT2D eigenvalue weighted by molar-refractivity contribution is 0.0937. The molecule has 9 nitrogen and oxygen atoms in total. The number of nitrogens with zero attached hydrogens (tertiary/aromatic N) is 3. The van der Waals surface area contributed by atoms with Gasteiger partial charge in [0.25, 0.3) is 17.7 Å². The Morgan fingerprint density at radius 3 is 2.29 bits per heavy atom. The van der Waals surface area contributed by atoms with E-state index in [2.05, 4.69) is 15.6 Å². The van der Waals surface area contributed by atoms with E-state index < -0.39 is 11.8 Å². The quantitative estimate of drug-likeness (QED) is 0.542. The first-order valence-electron chi connectivity index (χ1n) is 9.20. The maximum Gasteiger partial charge on any atom is 0.272 e. The van der Waals surface area contributed by atoms with E-state index in [9.17, 15) is 14.4 Å². The van der Waals surface area contributed by atoms with E-state index in [0.717, 1.165) is 5.69 Å². The number of nitrogens with one attached hydrogen (secondary N) is 2. The van der Waals surface area contributed by atoms with Gasteiger partial charge in [-0.1, -0.05) is 11.6 Å². The molecule has 0 bridgehead atoms. The number of primary amides is 1. The molecule has 1 aromatic heterocycles. The highest BCUT2D eigenvalue weighted by atomic mass is 35.5. The summed E-state index contributed by atoms with van der Waals surface area (Å²) < 4.78 is 1.41. The molecule has 0 aliphatic heterocycles. The molecule has 10 heteroatoms. The largest absolute Gasteiger partial charge is 0.378 e. The highest BCUT2D eigenvalue weighted by Crippen LogP contribution is 2.24. The molecule has 31 heavy (non-hydrogen) atoms. The fourth-order valence-corrected chi connectivity index (χ4v) is 3.19. The molecule has 3 aromatic rings. The van der Waals surface area contributed by atoms with Crippen molar-refractivity contribution in [2.45, 2.75) is 0 Å². The number of carbonyl (C=O) groups excluding carboxylic acids is 3. The number of halogens is 1. The van der Waals surface area contributed by atoms with Crippen LogP contribution in [0.5, 0.6) is 0 Å². The van der Waals surface area contributed by atoms with Crippen molar-refractivity contribution in [3.63, 3.8) is 0 Å². The summed E-state index contributed by atoms with van der Waals surface area (Å²) in [7, 11) is 5.20. The normalized spacial score (nSPS) is 10.5. The number of nitrogens with two attached hydrogens (primary N) is 1. The molecule has 0 fully saturated rings. The van der Waals surface area contributed by atoms with Crippen molar-refractivity contribution in [1.29, 1.82) is 0 Å². The summed E-state index contributed by atoms with van der Waals surface area (Å²) in [5.41, 5.74) is 7.63. The number of anilines is 2. The van der Waals surface area contributed by atoms with Crippen molar-refractivity contribution in [2.75, 3.05) is 31.4 Å². The van der Waals surface area contributed by atoms with Crippen molar-refractivity contribution in [1.82, 2.24) is 14.9 Å². The Labute approximate surface area is 183 Å². The lowest BCUT2D eigenvalue weighted by Crippen LogP contribution is -2.25. The second-order valence-electron chi connectivity index (χ2n) is 6.81. The molecule has 1 heterocycles. The van der Waals surface area contributed by atoms with Crippen LogP contribution in [-0.2, 0) is 0 Å². The average Bonchev–Trinajstić information content (AvgIpc) is 3.19. The number of hydrogen-bond acceptors (Lipinski definition) is 5. The first-order chi connectivity index (χ1) is 14.7. The number of imidazole rings is 1. The number of amides is 3. The second kappa shape index (κ2) is 8.88. The van der Waals surface area contributed by atoms with Crippen molar-refractivity contribution in [3.8, 4) is 5.69 Å². The molecule has 4 N–H and O–H groups in total. The first kappa shape index (κ1) is 21.8. The van der Waals surface area contributed by atoms with Crippen LogP contribution >= 0.6 is 11.6 Å². The van der Waals surface area contributed by atoms with Gasteiger partial charge in [-0.15, -0.1) is 0 Å². The van der Waals surface area contributed by atoms with E-state index >= 15 is 0 Å². The Bertz CT molecular complexity index is 1150. The molecule has 0 aliphatic carbocycles. The van der Waals surface area contributed by atoms with E-state index in [4.69, 9.17) is 17.3 Å². The minimum absolute atomic E-state index is 0.0381. The fraction of sp³-hybridized carbons (Fsp3) is 0.143. The Morgan fingerprint density at radius 2 is 1.74 bits per heavy atom. The molecule has 3 amide bonds. The predicted octanol–water partition coefficient (Wildman–Crippen LogP) is 2.30. The molecular formula is C21H21ClN6O3. The summed E-state index contributed by atoms with van der Waals surface area (Å²) in [6, 6.07) is 11.8. The Kier molecular flexibility index (Phi) is 6.26. The lowest BCUT2D eigenvalue weighted by Gasteiger charge is -2.14. The topological polar surface area (TPSA) is 122 Å². The zero-order valence-electron chi connectivity index (χ0n) is 17.1. The van der Waals surface area contributed by atoms with Gasteiger partial charge in [-0.05, 0) is 42.5 Å². The second-order valence-corrected chi connectivity index (χ2v) is 7.22. The van der Waals surface area contributed by atoms with Crippen LogP contribution in [0.2, 0.25) is 5.02 Å². The van der Waals surface area contributed by atoms with Crippen molar-refractivity contribution in [2.24, 2.45) is 5.73 Å². The van der Waals surface area contributed by atoms with Crippen LogP contribution in [0.3, 0.4) is 0 Å². The molecule has 0 unspecified atom stereocenters. The van der Waals surface area contributed by atoms with E-state index in [1.807, 2.05) is 19.0 Å². The van der Waals surface area contributed by atoms with Gasteiger partial charge < -0.3 is 21.3 Å². The van der Waals surface area contributed by atoms with Crippen LogP contribution in [0, 0.1) is 0 Å². The molecule has 0 radical (unpaired) electrons. The Morgan fingerprint density at radius 1 is 1.06 bits per heavy atom. The van der Waals surface area contributed by atoms with Gasteiger partial charge in [0.1, 0.15) is 12.0 Å². The summed E-state index contributed by atoms with van der Waals surface area (Å²) in [4.78, 5) is 42.3. The molecule has 0 saturated heterocycles. The third-order valence-corrected chi connectivity index (χ3v) is 4.87. The van der Waals surface area contributed by atoms with Gasteiger partial charge in [0.05, 0.1) is 10.6 Å². The Balaban J connectivity index is 1.83. The Hall–Kier alpha value is -3.85. The van der Waals surface area contributed by atoms with Crippen molar-refractivity contribution < 1.29 is 14.4 Å². The van der Waals surface area contributed by atoms with Gasteiger partial charge in [-0.3, -0.25) is 19.0 Å². The van der Waals surface area contributed by atoms with Gasteiger partial charge in [0.15, 0.2) is 5.69 Å². The number of hydrogen-bond donors (Lipinski definition) is 3. The highest BCUT2D eigenvalue weighted by molar-refractivity contribution is 6.34.